The Hall–Kier alpha value is -2.61. The maximum atomic E-state index is 13.9. The Labute approximate surface area is 133 Å². The quantitative estimate of drug-likeness (QED) is 0.891. The van der Waals surface area contributed by atoms with Gasteiger partial charge in [0.2, 0.25) is 0 Å². The number of rotatable bonds is 5. The highest BCUT2D eigenvalue weighted by Gasteiger charge is 2.20. The Kier molecular flexibility index (Phi) is 4.42. The van der Waals surface area contributed by atoms with Gasteiger partial charge >= 0.3 is 0 Å². The number of halogens is 2. The van der Waals surface area contributed by atoms with Crippen molar-refractivity contribution in [3.8, 4) is 11.8 Å². The molecule has 0 spiro atoms. The summed E-state index contributed by atoms with van der Waals surface area (Å²) in [5, 5.41) is 11.5. The Morgan fingerprint density at radius 2 is 1.87 bits per heavy atom. The van der Waals surface area contributed by atoms with Gasteiger partial charge in [-0.15, -0.1) is 0 Å². The van der Waals surface area contributed by atoms with Crippen LogP contribution in [0.5, 0.6) is 5.75 Å². The molecule has 0 amide bonds. The molecule has 1 aliphatic carbocycles. The molecule has 0 saturated heterocycles. The van der Waals surface area contributed by atoms with E-state index < -0.39 is 11.6 Å². The Morgan fingerprint density at radius 1 is 1.17 bits per heavy atom. The highest BCUT2D eigenvalue weighted by atomic mass is 19.1. The van der Waals surface area contributed by atoms with Crippen LogP contribution in [-0.2, 0) is 6.54 Å². The summed E-state index contributed by atoms with van der Waals surface area (Å²) in [5.74, 6) is -0.822. The van der Waals surface area contributed by atoms with E-state index in [4.69, 9.17) is 10.00 Å². The van der Waals surface area contributed by atoms with Crippen LogP contribution in [0.2, 0.25) is 0 Å². The lowest BCUT2D eigenvalue weighted by Gasteiger charge is -2.27. The third-order valence-corrected chi connectivity index (χ3v) is 3.95. The smallest absolute Gasteiger partial charge is 0.150 e. The van der Waals surface area contributed by atoms with Gasteiger partial charge in [-0.2, -0.15) is 5.26 Å². The number of para-hydroxylation sites is 1. The van der Waals surface area contributed by atoms with Crippen LogP contribution in [-0.4, -0.2) is 6.10 Å². The summed E-state index contributed by atoms with van der Waals surface area (Å²) < 4.78 is 33.7. The zero-order valence-electron chi connectivity index (χ0n) is 12.5. The molecular formula is C18H16F2N2O. The van der Waals surface area contributed by atoms with Crippen molar-refractivity contribution >= 4 is 5.69 Å². The highest BCUT2D eigenvalue weighted by Crippen LogP contribution is 2.28. The summed E-state index contributed by atoms with van der Waals surface area (Å²) >= 11 is 0. The lowest BCUT2D eigenvalue weighted by molar-refractivity contribution is 0.119. The van der Waals surface area contributed by atoms with E-state index in [0.29, 0.717) is 0 Å². The van der Waals surface area contributed by atoms with Crippen molar-refractivity contribution in [2.45, 2.75) is 31.9 Å². The van der Waals surface area contributed by atoms with Crippen molar-refractivity contribution < 1.29 is 13.5 Å². The van der Waals surface area contributed by atoms with E-state index in [-0.39, 0.29) is 23.9 Å². The standard InChI is InChI=1S/C18H16F2N2O/c19-15-8-12(10-21)9-16(20)18(15)22-11-13-4-1-2-7-17(13)23-14-5-3-6-14/h1-2,4,7-9,14,22H,3,5-6,11H2. The van der Waals surface area contributed by atoms with E-state index in [2.05, 4.69) is 5.32 Å². The minimum absolute atomic E-state index is 0.0423. The number of nitrogens with zero attached hydrogens (tertiary/aromatic N) is 1. The lowest BCUT2D eigenvalue weighted by atomic mass is 9.96. The first kappa shape index (κ1) is 15.3. The molecular weight excluding hydrogens is 298 g/mol. The van der Waals surface area contributed by atoms with Crippen molar-refractivity contribution in [3.05, 3.63) is 59.2 Å². The fraction of sp³-hybridized carbons (Fsp3) is 0.278. The van der Waals surface area contributed by atoms with Crippen LogP contribution >= 0.6 is 0 Å². The first-order valence-corrected chi connectivity index (χ1v) is 7.55. The van der Waals surface area contributed by atoms with Gasteiger partial charge in [0.15, 0.2) is 11.6 Å². The number of benzene rings is 2. The molecule has 3 rings (SSSR count). The van der Waals surface area contributed by atoms with Crippen LogP contribution < -0.4 is 10.1 Å². The van der Waals surface area contributed by atoms with E-state index in [1.807, 2.05) is 24.3 Å². The highest BCUT2D eigenvalue weighted by molar-refractivity contribution is 5.51. The van der Waals surface area contributed by atoms with Crippen LogP contribution in [0.3, 0.4) is 0 Å². The van der Waals surface area contributed by atoms with Crippen LogP contribution in [0.4, 0.5) is 14.5 Å². The van der Waals surface area contributed by atoms with Crippen molar-refractivity contribution in [1.29, 1.82) is 5.26 Å². The largest absolute Gasteiger partial charge is 0.490 e. The fourth-order valence-electron chi connectivity index (χ4n) is 2.42. The second kappa shape index (κ2) is 6.66. The maximum absolute atomic E-state index is 13.9. The zero-order valence-corrected chi connectivity index (χ0v) is 12.5. The van der Waals surface area contributed by atoms with Gasteiger partial charge < -0.3 is 10.1 Å². The summed E-state index contributed by atoms with van der Waals surface area (Å²) in [4.78, 5) is 0. The molecule has 0 aromatic heterocycles. The first-order valence-electron chi connectivity index (χ1n) is 7.55. The predicted octanol–water partition coefficient (Wildman–Crippen LogP) is 4.38. The Bertz CT molecular complexity index is 728. The molecule has 118 valence electrons. The topological polar surface area (TPSA) is 45.0 Å². The molecule has 0 bridgehead atoms. The number of hydrogen-bond acceptors (Lipinski definition) is 3. The van der Waals surface area contributed by atoms with Gasteiger partial charge in [-0.1, -0.05) is 18.2 Å². The van der Waals surface area contributed by atoms with E-state index in [1.54, 1.807) is 6.07 Å². The number of hydrogen-bond donors (Lipinski definition) is 1. The van der Waals surface area contributed by atoms with Crippen molar-refractivity contribution in [2.75, 3.05) is 5.32 Å². The molecule has 0 radical (unpaired) electrons. The molecule has 3 nitrogen and oxygen atoms in total. The summed E-state index contributed by atoms with van der Waals surface area (Å²) in [5.41, 5.74) is 0.560. The molecule has 2 aromatic carbocycles. The maximum Gasteiger partial charge on any atom is 0.150 e. The van der Waals surface area contributed by atoms with Crippen LogP contribution in [0.1, 0.15) is 30.4 Å². The van der Waals surface area contributed by atoms with Gasteiger partial charge in [0.1, 0.15) is 11.4 Å². The van der Waals surface area contributed by atoms with Crippen molar-refractivity contribution in [3.63, 3.8) is 0 Å². The average Bonchev–Trinajstić information content (AvgIpc) is 2.51. The monoisotopic (exact) mass is 314 g/mol. The normalized spacial score (nSPS) is 14.0. The summed E-state index contributed by atoms with van der Waals surface area (Å²) in [6.45, 7) is 0.239. The van der Waals surface area contributed by atoms with Gasteiger partial charge in [0, 0.05) is 12.1 Å². The molecule has 0 aliphatic heterocycles. The van der Waals surface area contributed by atoms with Crippen LogP contribution in [0.25, 0.3) is 0 Å². The second-order valence-electron chi connectivity index (χ2n) is 5.56. The lowest BCUT2D eigenvalue weighted by Crippen LogP contribution is -2.25. The number of ether oxygens (including phenoxy) is 1. The average molecular weight is 314 g/mol. The summed E-state index contributed by atoms with van der Waals surface area (Å²) in [6, 6.07) is 11.2. The summed E-state index contributed by atoms with van der Waals surface area (Å²) in [7, 11) is 0. The zero-order chi connectivity index (χ0) is 16.2. The third-order valence-electron chi connectivity index (χ3n) is 3.95. The van der Waals surface area contributed by atoms with E-state index in [1.165, 1.54) is 6.42 Å². The molecule has 1 saturated carbocycles. The molecule has 0 atom stereocenters. The molecule has 1 aliphatic rings. The van der Waals surface area contributed by atoms with Gasteiger partial charge in [0.25, 0.3) is 0 Å². The molecule has 0 unspecified atom stereocenters. The molecule has 1 N–H and O–H groups in total. The number of anilines is 1. The van der Waals surface area contributed by atoms with Crippen LogP contribution in [0.15, 0.2) is 36.4 Å². The van der Waals surface area contributed by atoms with Gasteiger partial charge in [0.05, 0.1) is 17.7 Å². The van der Waals surface area contributed by atoms with Gasteiger partial charge in [-0.05, 0) is 37.5 Å². The van der Waals surface area contributed by atoms with E-state index in [0.717, 1.165) is 36.3 Å². The van der Waals surface area contributed by atoms with Gasteiger partial charge in [-0.25, -0.2) is 8.78 Å². The molecule has 0 heterocycles. The number of nitriles is 1. The fourth-order valence-corrected chi connectivity index (χ4v) is 2.42. The summed E-state index contributed by atoms with van der Waals surface area (Å²) in [6.07, 6.45) is 3.49. The molecule has 2 aromatic rings. The van der Waals surface area contributed by atoms with E-state index in [9.17, 15) is 8.78 Å². The Balaban J connectivity index is 1.75. The minimum atomic E-state index is -0.779. The van der Waals surface area contributed by atoms with Crippen molar-refractivity contribution in [2.24, 2.45) is 0 Å². The first-order chi connectivity index (χ1) is 11.2. The SMILES string of the molecule is N#Cc1cc(F)c(NCc2ccccc2OC2CCC2)c(F)c1. The predicted molar refractivity (Wildman–Crippen MR) is 83.1 cm³/mol. The minimum Gasteiger partial charge on any atom is -0.490 e. The Morgan fingerprint density at radius 3 is 2.48 bits per heavy atom. The second-order valence-corrected chi connectivity index (χ2v) is 5.56. The van der Waals surface area contributed by atoms with Crippen molar-refractivity contribution in [1.82, 2.24) is 0 Å². The third kappa shape index (κ3) is 3.42. The van der Waals surface area contributed by atoms with Crippen LogP contribution in [0, 0.1) is 23.0 Å². The van der Waals surface area contributed by atoms with E-state index >= 15 is 0 Å². The molecule has 5 heteroatoms. The number of nitrogens with one attached hydrogen (secondary N) is 1. The molecule has 1 fully saturated rings. The molecule has 23 heavy (non-hydrogen) atoms. The van der Waals surface area contributed by atoms with Gasteiger partial charge in [-0.3, -0.25) is 0 Å².